The van der Waals surface area contributed by atoms with Gasteiger partial charge in [0, 0.05) is 11.1 Å². The first-order valence-electron chi connectivity index (χ1n) is 7.21. The SMILES string of the molecule is CC(C(=O)O)c1c(-c2ccccc2)nn(-c2ccccc2)c1Br. The lowest BCUT2D eigenvalue weighted by atomic mass is 9.98. The Morgan fingerprint density at radius 2 is 1.65 bits per heavy atom. The molecule has 1 aromatic heterocycles. The zero-order valence-corrected chi connectivity index (χ0v) is 14.1. The molecule has 0 spiro atoms. The fraction of sp³-hybridized carbons (Fsp3) is 0.111. The highest BCUT2D eigenvalue weighted by Crippen LogP contribution is 2.36. The first-order valence-corrected chi connectivity index (χ1v) is 8.01. The molecule has 0 amide bonds. The molecule has 2 aromatic carbocycles. The maximum atomic E-state index is 11.5. The molecule has 4 nitrogen and oxygen atoms in total. The number of nitrogens with zero attached hydrogens (tertiary/aromatic N) is 2. The standard InChI is InChI=1S/C18H15BrN2O2/c1-12(18(22)23)15-16(13-8-4-2-5-9-13)20-21(17(15)19)14-10-6-3-7-11-14/h2-12H,1H3,(H,22,23). The zero-order valence-electron chi connectivity index (χ0n) is 12.5. The van der Waals surface area contributed by atoms with Crippen molar-refractivity contribution in [2.45, 2.75) is 12.8 Å². The van der Waals surface area contributed by atoms with Crippen LogP contribution in [0.1, 0.15) is 18.4 Å². The van der Waals surface area contributed by atoms with Crippen LogP contribution in [-0.4, -0.2) is 20.9 Å². The van der Waals surface area contributed by atoms with E-state index in [0.29, 0.717) is 15.9 Å². The van der Waals surface area contributed by atoms with Gasteiger partial charge in [-0.25, -0.2) is 4.68 Å². The predicted octanol–water partition coefficient (Wildman–Crippen LogP) is 4.49. The smallest absolute Gasteiger partial charge is 0.310 e. The van der Waals surface area contributed by atoms with Crippen LogP contribution in [-0.2, 0) is 4.79 Å². The van der Waals surface area contributed by atoms with Gasteiger partial charge in [0.15, 0.2) is 0 Å². The molecule has 1 unspecified atom stereocenters. The largest absolute Gasteiger partial charge is 0.481 e. The molecule has 1 atom stereocenters. The van der Waals surface area contributed by atoms with Crippen molar-refractivity contribution in [2.24, 2.45) is 0 Å². The third kappa shape index (κ3) is 2.92. The Morgan fingerprint density at radius 3 is 2.22 bits per heavy atom. The first-order chi connectivity index (χ1) is 11.1. The normalized spacial score (nSPS) is 12.1. The van der Waals surface area contributed by atoms with E-state index in [0.717, 1.165) is 11.3 Å². The number of carboxylic acids is 1. The first kappa shape index (κ1) is 15.5. The lowest BCUT2D eigenvalue weighted by Gasteiger charge is -2.08. The molecule has 0 aliphatic rings. The molecule has 0 saturated heterocycles. The highest BCUT2D eigenvalue weighted by molar-refractivity contribution is 9.10. The number of aromatic nitrogens is 2. The molecule has 23 heavy (non-hydrogen) atoms. The van der Waals surface area contributed by atoms with Crippen molar-refractivity contribution < 1.29 is 9.90 Å². The molecule has 0 aliphatic carbocycles. The summed E-state index contributed by atoms with van der Waals surface area (Å²) in [6.45, 7) is 1.67. The van der Waals surface area contributed by atoms with Crippen LogP contribution in [0.3, 0.4) is 0 Å². The van der Waals surface area contributed by atoms with Gasteiger partial charge in [-0.3, -0.25) is 4.79 Å². The van der Waals surface area contributed by atoms with Crippen molar-refractivity contribution in [3.63, 3.8) is 0 Å². The van der Waals surface area contributed by atoms with E-state index in [-0.39, 0.29) is 0 Å². The van der Waals surface area contributed by atoms with Crippen LogP contribution in [0.15, 0.2) is 65.3 Å². The molecule has 5 heteroatoms. The van der Waals surface area contributed by atoms with E-state index < -0.39 is 11.9 Å². The van der Waals surface area contributed by atoms with Gasteiger partial charge in [0.2, 0.25) is 0 Å². The van der Waals surface area contributed by atoms with Crippen LogP contribution in [0.2, 0.25) is 0 Å². The number of hydrogen-bond acceptors (Lipinski definition) is 2. The van der Waals surface area contributed by atoms with Crippen molar-refractivity contribution in [1.82, 2.24) is 9.78 Å². The molecule has 0 fully saturated rings. The van der Waals surface area contributed by atoms with Crippen molar-refractivity contribution >= 4 is 21.9 Å². The number of aliphatic carboxylic acids is 1. The van der Waals surface area contributed by atoms with Gasteiger partial charge in [0.25, 0.3) is 0 Å². The molecular formula is C18H15BrN2O2. The van der Waals surface area contributed by atoms with Crippen molar-refractivity contribution in [2.75, 3.05) is 0 Å². The monoisotopic (exact) mass is 370 g/mol. The number of para-hydroxylation sites is 1. The third-order valence-corrected chi connectivity index (χ3v) is 4.48. The maximum Gasteiger partial charge on any atom is 0.310 e. The van der Waals surface area contributed by atoms with Gasteiger partial charge in [0.05, 0.1) is 17.3 Å². The Bertz CT molecular complexity index is 829. The van der Waals surface area contributed by atoms with E-state index in [1.807, 2.05) is 60.7 Å². The van der Waals surface area contributed by atoms with Gasteiger partial charge >= 0.3 is 5.97 Å². The molecule has 1 N–H and O–H groups in total. The number of carboxylic acid groups (broad SMARTS) is 1. The lowest BCUT2D eigenvalue weighted by Crippen LogP contribution is -2.08. The van der Waals surface area contributed by atoms with E-state index in [4.69, 9.17) is 0 Å². The topological polar surface area (TPSA) is 55.1 Å². The average molecular weight is 371 g/mol. The molecule has 0 aliphatic heterocycles. The van der Waals surface area contributed by atoms with Crippen LogP contribution in [0.25, 0.3) is 16.9 Å². The summed E-state index contributed by atoms with van der Waals surface area (Å²) in [5.41, 5.74) is 3.12. The Balaban J connectivity index is 2.24. The number of rotatable bonds is 4. The molecular weight excluding hydrogens is 356 g/mol. The van der Waals surface area contributed by atoms with Crippen molar-refractivity contribution in [3.05, 3.63) is 70.8 Å². The Hall–Kier alpha value is -2.40. The van der Waals surface area contributed by atoms with E-state index in [9.17, 15) is 9.90 Å². The molecule has 116 valence electrons. The maximum absolute atomic E-state index is 11.5. The summed E-state index contributed by atoms with van der Waals surface area (Å²) in [5, 5.41) is 14.1. The molecule has 0 saturated carbocycles. The summed E-state index contributed by atoms with van der Waals surface area (Å²) in [4.78, 5) is 11.5. The van der Waals surface area contributed by atoms with E-state index >= 15 is 0 Å². The highest BCUT2D eigenvalue weighted by atomic mass is 79.9. The Labute approximate surface area is 142 Å². The molecule has 1 heterocycles. The van der Waals surface area contributed by atoms with Gasteiger partial charge in [-0.2, -0.15) is 5.10 Å². The minimum atomic E-state index is -0.879. The molecule has 0 bridgehead atoms. The van der Waals surface area contributed by atoms with Gasteiger partial charge in [-0.1, -0.05) is 48.5 Å². The molecule has 3 rings (SSSR count). The quantitative estimate of drug-likeness (QED) is 0.735. The van der Waals surface area contributed by atoms with Crippen LogP contribution in [0.4, 0.5) is 0 Å². The summed E-state index contributed by atoms with van der Waals surface area (Å²) in [6.07, 6.45) is 0. The van der Waals surface area contributed by atoms with Crippen LogP contribution < -0.4 is 0 Å². The number of halogens is 1. The second-order valence-electron chi connectivity index (χ2n) is 5.23. The van der Waals surface area contributed by atoms with E-state index in [1.165, 1.54) is 0 Å². The lowest BCUT2D eigenvalue weighted by molar-refractivity contribution is -0.138. The van der Waals surface area contributed by atoms with E-state index in [2.05, 4.69) is 21.0 Å². The Morgan fingerprint density at radius 1 is 1.09 bits per heavy atom. The number of hydrogen-bond donors (Lipinski definition) is 1. The van der Waals surface area contributed by atoms with Gasteiger partial charge in [-0.15, -0.1) is 0 Å². The van der Waals surface area contributed by atoms with Gasteiger partial charge in [0.1, 0.15) is 4.60 Å². The summed E-state index contributed by atoms with van der Waals surface area (Å²) in [5.74, 6) is -1.55. The fourth-order valence-corrected chi connectivity index (χ4v) is 3.28. The van der Waals surface area contributed by atoms with Gasteiger partial charge < -0.3 is 5.11 Å². The third-order valence-electron chi connectivity index (χ3n) is 3.71. The molecule has 3 aromatic rings. The van der Waals surface area contributed by atoms with Crippen LogP contribution in [0, 0.1) is 0 Å². The number of benzene rings is 2. The van der Waals surface area contributed by atoms with Crippen LogP contribution in [0.5, 0.6) is 0 Å². The predicted molar refractivity (Wildman–Crippen MR) is 92.8 cm³/mol. The Kier molecular flexibility index (Phi) is 4.30. The minimum absolute atomic E-state index is 0.664. The van der Waals surface area contributed by atoms with Crippen LogP contribution >= 0.6 is 15.9 Å². The number of carbonyl (C=O) groups is 1. The highest BCUT2D eigenvalue weighted by Gasteiger charge is 2.26. The van der Waals surface area contributed by atoms with Crippen molar-refractivity contribution in [1.29, 1.82) is 0 Å². The fourth-order valence-electron chi connectivity index (χ4n) is 2.47. The summed E-state index contributed by atoms with van der Waals surface area (Å²) < 4.78 is 2.40. The zero-order chi connectivity index (χ0) is 16.4. The average Bonchev–Trinajstić information content (AvgIpc) is 2.93. The van der Waals surface area contributed by atoms with E-state index in [1.54, 1.807) is 11.6 Å². The summed E-state index contributed by atoms with van der Waals surface area (Å²) >= 11 is 3.54. The second kappa shape index (κ2) is 6.38. The summed E-state index contributed by atoms with van der Waals surface area (Å²) in [7, 11) is 0. The van der Waals surface area contributed by atoms with Crippen molar-refractivity contribution in [3.8, 4) is 16.9 Å². The minimum Gasteiger partial charge on any atom is -0.481 e. The molecule has 0 radical (unpaired) electrons. The summed E-state index contributed by atoms with van der Waals surface area (Å²) in [6, 6.07) is 19.3. The second-order valence-corrected chi connectivity index (χ2v) is 5.98. The van der Waals surface area contributed by atoms with Gasteiger partial charge in [-0.05, 0) is 35.0 Å².